The highest BCUT2D eigenvalue weighted by Gasteiger charge is 2.71. The zero-order valence-electron chi connectivity index (χ0n) is 32.4. The Balaban J connectivity index is 1.17. The number of ether oxygens (including phenoxy) is 2. The number of carbonyl (C=O) groups excluding carboxylic acids is 3. The fraction of sp³-hybridized carbons (Fsp3) is 0.651. The Morgan fingerprint density at radius 1 is 0.754 bits per heavy atom. The zero-order valence-corrected chi connectivity index (χ0v) is 33.2. The van der Waals surface area contributed by atoms with E-state index in [0.717, 1.165) is 88.2 Å². The smallest absolute Gasteiger partial charge is 0.339 e. The first-order valence-electron chi connectivity index (χ1n) is 20.9. The van der Waals surface area contributed by atoms with Gasteiger partial charge in [0.1, 0.15) is 21.1 Å². The van der Waals surface area contributed by atoms with E-state index in [1.54, 1.807) is 18.7 Å². The largest absolute Gasteiger partial charge is 0.744 e. The maximum absolute atomic E-state index is 15.1. The van der Waals surface area contributed by atoms with Gasteiger partial charge in [-0.05, 0) is 99.2 Å². The van der Waals surface area contributed by atoms with Gasteiger partial charge >= 0.3 is 11.9 Å². The number of esters is 2. The molecule has 5 saturated carbocycles. The summed E-state index contributed by atoms with van der Waals surface area (Å²) < 4.78 is 105. The molecule has 6 fully saturated rings. The molecule has 1 aliphatic heterocycles. The predicted molar refractivity (Wildman–Crippen MR) is 197 cm³/mol. The van der Waals surface area contributed by atoms with E-state index < -0.39 is 97.7 Å². The van der Waals surface area contributed by atoms with Crippen LogP contribution < -0.4 is 4.74 Å². The van der Waals surface area contributed by atoms with Crippen LogP contribution in [0.4, 0.5) is 17.6 Å². The molecule has 2 aromatic rings. The normalized spacial score (nSPS) is 28.4. The number of likely N-dealkylation sites (tertiary alicyclic amines) is 1. The topological polar surface area (TPSA) is 130 Å². The Kier molecular flexibility index (Phi) is 11.0. The van der Waals surface area contributed by atoms with Gasteiger partial charge in [-0.1, -0.05) is 69.9 Å². The van der Waals surface area contributed by atoms with Crippen molar-refractivity contribution in [3.63, 3.8) is 0 Å². The molecule has 1 amide bonds. The molecule has 2 aromatic carbocycles. The number of rotatable bonds is 9. The summed E-state index contributed by atoms with van der Waals surface area (Å²) in [7, 11) is -6.00. The highest BCUT2D eigenvalue weighted by Crippen LogP contribution is 2.61. The van der Waals surface area contributed by atoms with E-state index >= 15 is 13.6 Å². The average Bonchev–Trinajstić information content (AvgIpc) is 3.82. The summed E-state index contributed by atoms with van der Waals surface area (Å²) >= 11 is 0. The molecule has 6 atom stereocenters. The monoisotopic (exact) mass is 816 g/mol. The van der Waals surface area contributed by atoms with Crippen molar-refractivity contribution in [2.24, 2.45) is 23.7 Å². The van der Waals surface area contributed by atoms with E-state index in [1.165, 1.54) is 24.8 Å². The van der Waals surface area contributed by atoms with Gasteiger partial charge in [0.05, 0.1) is 23.4 Å². The molecule has 6 aliphatic rings. The standard InChI is InChI=1S/C43H51F4NO8S/c1-21(2)48-37-28-20-29(32(31(28)41(48)49)43(51)56-39-33(44)35(46)40(57(52,53)54)36(47)34(39)45)38(37)55-42(50)30-26(23-14-8-4-9-15-23)18-25(22-12-6-3-7-13-22)19-27(30)24-16-10-5-11-17-24/h18-19,21-24,28-29,31-32,37-38H,3-17,20H2,1-2H3,(H,52,53,54)/p-1. The molecule has 1 saturated heterocycles. The van der Waals surface area contributed by atoms with Gasteiger partial charge in [0.2, 0.25) is 23.3 Å². The lowest BCUT2D eigenvalue weighted by Crippen LogP contribution is -2.49. The van der Waals surface area contributed by atoms with Crippen molar-refractivity contribution in [3.8, 4) is 5.75 Å². The Bertz CT molecular complexity index is 1990. The molecule has 14 heteroatoms. The highest BCUT2D eigenvalue weighted by molar-refractivity contribution is 7.85. The van der Waals surface area contributed by atoms with Crippen LogP contribution in [0.5, 0.6) is 5.75 Å². The minimum absolute atomic E-state index is 0.174. The van der Waals surface area contributed by atoms with E-state index in [4.69, 9.17) is 9.47 Å². The minimum atomic E-state index is -6.00. The summed E-state index contributed by atoms with van der Waals surface area (Å²) in [4.78, 5) is 42.3. The number of fused-ring (bicyclic) bond motifs is 1. The summed E-state index contributed by atoms with van der Waals surface area (Å²) in [6.07, 6.45) is 15.3. The third-order valence-electron chi connectivity index (χ3n) is 14.2. The van der Waals surface area contributed by atoms with Crippen LogP contribution in [0.25, 0.3) is 0 Å². The molecular weight excluding hydrogens is 767 g/mol. The van der Waals surface area contributed by atoms with Crippen molar-refractivity contribution in [1.82, 2.24) is 4.90 Å². The van der Waals surface area contributed by atoms with Gasteiger partial charge < -0.3 is 18.9 Å². The minimum Gasteiger partial charge on any atom is -0.744 e. The Morgan fingerprint density at radius 3 is 1.72 bits per heavy atom. The van der Waals surface area contributed by atoms with Gasteiger partial charge in [-0.2, -0.15) is 8.78 Å². The van der Waals surface area contributed by atoms with Crippen molar-refractivity contribution in [2.75, 3.05) is 0 Å². The summed E-state index contributed by atoms with van der Waals surface area (Å²) in [5.74, 6) is -17.0. The molecule has 5 aliphatic carbocycles. The van der Waals surface area contributed by atoms with Crippen molar-refractivity contribution in [1.29, 1.82) is 0 Å². The van der Waals surface area contributed by atoms with E-state index in [2.05, 4.69) is 12.1 Å². The second kappa shape index (κ2) is 15.6. The van der Waals surface area contributed by atoms with E-state index in [0.29, 0.717) is 11.5 Å². The number of hydrogen-bond acceptors (Lipinski definition) is 8. The van der Waals surface area contributed by atoms with Gasteiger partial charge in [0.15, 0.2) is 11.6 Å². The summed E-state index contributed by atoms with van der Waals surface area (Å²) in [5.41, 5.74) is 3.90. The predicted octanol–water partition coefficient (Wildman–Crippen LogP) is 8.92. The van der Waals surface area contributed by atoms with Crippen LogP contribution in [-0.2, 0) is 24.4 Å². The number of benzene rings is 2. The lowest BCUT2D eigenvalue weighted by molar-refractivity contribution is -0.147. The van der Waals surface area contributed by atoms with Crippen LogP contribution in [0.3, 0.4) is 0 Å². The van der Waals surface area contributed by atoms with E-state index in [-0.39, 0.29) is 24.3 Å². The second-order valence-electron chi connectivity index (χ2n) is 17.7. The molecule has 310 valence electrons. The van der Waals surface area contributed by atoms with Gasteiger partial charge in [0, 0.05) is 12.0 Å². The maximum Gasteiger partial charge on any atom is 0.339 e. The number of amides is 1. The second-order valence-corrected chi connectivity index (χ2v) is 19.0. The first kappa shape index (κ1) is 40.3. The number of hydrogen-bond donors (Lipinski definition) is 0. The van der Waals surface area contributed by atoms with Gasteiger partial charge in [-0.3, -0.25) is 9.59 Å². The fourth-order valence-corrected chi connectivity index (χ4v) is 12.4. The van der Waals surface area contributed by atoms with E-state index in [9.17, 15) is 31.3 Å². The van der Waals surface area contributed by atoms with Gasteiger partial charge in [-0.15, -0.1) is 0 Å². The maximum atomic E-state index is 15.1. The van der Waals surface area contributed by atoms with Gasteiger partial charge in [-0.25, -0.2) is 22.0 Å². The first-order valence-corrected chi connectivity index (χ1v) is 22.3. The molecule has 6 unspecified atom stereocenters. The number of carbonyl (C=O) groups is 3. The molecule has 0 N–H and O–H groups in total. The van der Waals surface area contributed by atoms with Crippen molar-refractivity contribution in [3.05, 3.63) is 57.7 Å². The molecule has 0 radical (unpaired) electrons. The van der Waals surface area contributed by atoms with Crippen molar-refractivity contribution < 1.29 is 54.4 Å². The van der Waals surface area contributed by atoms with Crippen molar-refractivity contribution >= 4 is 28.0 Å². The SMILES string of the molecule is CC(C)N1C(=O)C2C3CC(C(OC(=O)c4c(C5CCCCC5)cc(C5CCCCC5)cc4C4CCCCC4)C31)C2C(=O)Oc1c(F)c(F)c(S(=O)(=O)[O-])c(F)c1F. The van der Waals surface area contributed by atoms with Crippen LogP contribution in [0.15, 0.2) is 17.0 Å². The summed E-state index contributed by atoms with van der Waals surface area (Å²) in [6, 6.07) is 3.57. The van der Waals surface area contributed by atoms with Crippen LogP contribution in [0, 0.1) is 46.9 Å². The van der Waals surface area contributed by atoms with Crippen LogP contribution in [0.1, 0.15) is 161 Å². The zero-order chi connectivity index (χ0) is 40.5. The number of nitrogens with zero attached hydrogens (tertiary/aromatic N) is 1. The highest BCUT2D eigenvalue weighted by atomic mass is 32.2. The molecule has 8 rings (SSSR count). The molecule has 0 spiro atoms. The molecule has 1 heterocycles. The molecule has 9 nitrogen and oxygen atoms in total. The summed E-state index contributed by atoms with van der Waals surface area (Å²) in [6.45, 7) is 3.60. The van der Waals surface area contributed by atoms with Crippen LogP contribution in [0.2, 0.25) is 0 Å². The van der Waals surface area contributed by atoms with Crippen molar-refractivity contribution in [2.45, 2.75) is 157 Å². The third kappa shape index (κ3) is 6.97. The molecular formula is C43H50F4NO8S-. The Hall–Kier alpha value is -3.52. The quantitative estimate of drug-likeness (QED) is 0.0807. The Labute approximate surface area is 331 Å². The average molecular weight is 817 g/mol. The van der Waals surface area contributed by atoms with Gasteiger partial charge in [0.25, 0.3) is 0 Å². The molecule has 2 bridgehead atoms. The lowest BCUT2D eigenvalue weighted by atomic mass is 9.73. The Morgan fingerprint density at radius 2 is 1.25 bits per heavy atom. The molecule has 0 aromatic heterocycles. The molecule has 57 heavy (non-hydrogen) atoms. The summed E-state index contributed by atoms with van der Waals surface area (Å²) in [5, 5.41) is 0. The van der Waals surface area contributed by atoms with E-state index in [1.807, 2.05) is 0 Å². The first-order chi connectivity index (χ1) is 27.2. The third-order valence-corrected chi connectivity index (χ3v) is 15.1. The van der Waals surface area contributed by atoms with Crippen LogP contribution in [-0.4, -0.2) is 53.9 Å². The van der Waals surface area contributed by atoms with Crippen LogP contribution >= 0.6 is 0 Å². The fourth-order valence-electron chi connectivity index (χ4n) is 11.8. The lowest BCUT2D eigenvalue weighted by Gasteiger charge is -2.36. The number of halogens is 4.